The van der Waals surface area contributed by atoms with Gasteiger partial charge in [-0.05, 0) is 45.1 Å². The number of hydrogen-bond donors (Lipinski definition) is 1. The van der Waals surface area contributed by atoms with Crippen LogP contribution >= 0.6 is 0 Å². The predicted molar refractivity (Wildman–Crippen MR) is 128 cm³/mol. The van der Waals surface area contributed by atoms with Crippen molar-refractivity contribution < 1.29 is 18.8 Å². The molecule has 0 aliphatic carbocycles. The smallest absolute Gasteiger partial charge is 0.468 e. The minimum Gasteiger partial charge on any atom is -0.468 e. The summed E-state index contributed by atoms with van der Waals surface area (Å²) in [6.45, 7) is 11.3. The summed E-state index contributed by atoms with van der Waals surface area (Å²) in [6, 6.07) is 8.77. The van der Waals surface area contributed by atoms with Gasteiger partial charge in [0.25, 0.3) is 6.01 Å². The lowest BCUT2D eigenvalue weighted by Gasteiger charge is -2.32. The van der Waals surface area contributed by atoms with E-state index in [0.29, 0.717) is 30.3 Å². The average Bonchev–Trinajstić information content (AvgIpc) is 3.22. The first-order valence-corrected chi connectivity index (χ1v) is 11.3. The van der Waals surface area contributed by atoms with Gasteiger partial charge in [-0.15, -0.1) is 0 Å². The zero-order valence-corrected chi connectivity index (χ0v) is 20.2. The van der Waals surface area contributed by atoms with Gasteiger partial charge in [-0.3, -0.25) is 4.57 Å². The number of fused-ring (bicyclic) bond motifs is 1. The van der Waals surface area contributed by atoms with E-state index in [4.69, 9.17) is 24.5 Å². The summed E-state index contributed by atoms with van der Waals surface area (Å²) in [6.07, 6.45) is 1.93. The number of ether oxygens (including phenoxy) is 2. The van der Waals surface area contributed by atoms with E-state index in [1.165, 1.54) is 0 Å². The van der Waals surface area contributed by atoms with Crippen LogP contribution in [0, 0.1) is 0 Å². The maximum atomic E-state index is 6.15. The third kappa shape index (κ3) is 4.50. The molecule has 9 nitrogen and oxygen atoms in total. The molecule has 4 rings (SSSR count). The third-order valence-electron chi connectivity index (χ3n) is 6.32. The highest BCUT2D eigenvalue weighted by Gasteiger charge is 2.51. The van der Waals surface area contributed by atoms with Crippen molar-refractivity contribution in [2.75, 3.05) is 19.5 Å². The second kappa shape index (κ2) is 8.83. The lowest BCUT2D eigenvalue weighted by atomic mass is 9.79. The molecule has 0 spiro atoms. The molecule has 176 valence electrons. The van der Waals surface area contributed by atoms with Crippen LogP contribution in [0.1, 0.15) is 53.0 Å². The van der Waals surface area contributed by atoms with Crippen LogP contribution in [0.15, 0.2) is 24.3 Å². The van der Waals surface area contributed by atoms with Gasteiger partial charge in [-0.1, -0.05) is 37.6 Å². The summed E-state index contributed by atoms with van der Waals surface area (Å²) in [5, 5.41) is 0. The zero-order valence-electron chi connectivity index (χ0n) is 20.2. The molecule has 0 radical (unpaired) electrons. The standard InChI is InChI=1S/C23H32BN5O4/c1-7-8-13-31-20-27-18(25)17-19(28-20)29(21(26-17)30-6)14-15-9-11-16(12-10-15)24-32-22(2,3)23(4,5)33-24/h9-12H,7-8,13-14H2,1-6H3,(H2,25,27,28). The molecule has 10 heteroatoms. The minimum absolute atomic E-state index is 0.244. The molecule has 3 aromatic rings. The molecule has 0 saturated carbocycles. The largest absolute Gasteiger partial charge is 0.494 e. The van der Waals surface area contributed by atoms with Crippen LogP contribution in [-0.2, 0) is 15.9 Å². The number of benzene rings is 1. The molecule has 3 heterocycles. The van der Waals surface area contributed by atoms with E-state index in [9.17, 15) is 0 Å². The topological polar surface area (TPSA) is 107 Å². The first-order chi connectivity index (χ1) is 15.6. The Labute approximate surface area is 194 Å². The summed E-state index contributed by atoms with van der Waals surface area (Å²) in [5.41, 5.74) is 8.45. The number of aromatic nitrogens is 4. The average molecular weight is 453 g/mol. The summed E-state index contributed by atoms with van der Waals surface area (Å²) < 4.78 is 25.3. The Morgan fingerprint density at radius 1 is 1.03 bits per heavy atom. The van der Waals surface area contributed by atoms with Crippen molar-refractivity contribution in [3.05, 3.63) is 29.8 Å². The maximum Gasteiger partial charge on any atom is 0.494 e. The van der Waals surface area contributed by atoms with Crippen LogP contribution in [0.5, 0.6) is 12.0 Å². The Morgan fingerprint density at radius 2 is 1.70 bits per heavy atom. The maximum absolute atomic E-state index is 6.15. The molecule has 1 aliphatic rings. The van der Waals surface area contributed by atoms with Crippen molar-refractivity contribution in [1.29, 1.82) is 0 Å². The van der Waals surface area contributed by atoms with Gasteiger partial charge in [0.1, 0.15) is 0 Å². The van der Waals surface area contributed by atoms with Crippen molar-refractivity contribution in [1.82, 2.24) is 19.5 Å². The number of nitrogens with zero attached hydrogens (tertiary/aromatic N) is 4. The normalized spacial score (nSPS) is 17.0. The van der Waals surface area contributed by atoms with Gasteiger partial charge in [0, 0.05) is 0 Å². The first kappa shape index (κ1) is 23.3. The van der Waals surface area contributed by atoms with Crippen molar-refractivity contribution >= 4 is 29.6 Å². The second-order valence-corrected chi connectivity index (χ2v) is 9.28. The van der Waals surface area contributed by atoms with Gasteiger partial charge < -0.3 is 24.5 Å². The predicted octanol–water partition coefficient (Wildman–Crippen LogP) is 2.94. The van der Waals surface area contributed by atoms with Crippen LogP contribution in [0.3, 0.4) is 0 Å². The lowest BCUT2D eigenvalue weighted by molar-refractivity contribution is 0.00578. The lowest BCUT2D eigenvalue weighted by Crippen LogP contribution is -2.41. The quantitative estimate of drug-likeness (QED) is 0.410. The van der Waals surface area contributed by atoms with E-state index in [-0.39, 0.29) is 23.0 Å². The van der Waals surface area contributed by atoms with Gasteiger partial charge >= 0.3 is 13.1 Å². The number of nitrogens with two attached hydrogens (primary N) is 1. The molecule has 33 heavy (non-hydrogen) atoms. The van der Waals surface area contributed by atoms with Crippen LogP contribution in [0.25, 0.3) is 11.2 Å². The number of unbranched alkanes of at least 4 members (excludes halogenated alkanes) is 1. The minimum atomic E-state index is -0.400. The number of hydrogen-bond acceptors (Lipinski definition) is 8. The van der Waals surface area contributed by atoms with E-state index in [2.05, 4.69) is 21.9 Å². The molecule has 1 aliphatic heterocycles. The third-order valence-corrected chi connectivity index (χ3v) is 6.32. The van der Waals surface area contributed by atoms with Crippen LogP contribution < -0.4 is 20.7 Å². The van der Waals surface area contributed by atoms with Gasteiger partial charge in [0.05, 0.1) is 31.5 Å². The van der Waals surface area contributed by atoms with Gasteiger partial charge in [0.15, 0.2) is 17.0 Å². The van der Waals surface area contributed by atoms with E-state index in [0.717, 1.165) is 23.9 Å². The van der Waals surface area contributed by atoms with Crippen LogP contribution in [-0.4, -0.2) is 51.6 Å². The Bertz CT molecular complexity index is 1110. The van der Waals surface area contributed by atoms with Gasteiger partial charge in [-0.2, -0.15) is 15.0 Å². The molecule has 0 bridgehead atoms. The molecule has 0 amide bonds. The van der Waals surface area contributed by atoms with Crippen LogP contribution in [0.4, 0.5) is 5.82 Å². The first-order valence-electron chi connectivity index (χ1n) is 11.3. The molecule has 1 aromatic carbocycles. The monoisotopic (exact) mass is 453 g/mol. The number of rotatable bonds is 8. The van der Waals surface area contributed by atoms with Crippen molar-refractivity contribution in [3.8, 4) is 12.0 Å². The van der Waals surface area contributed by atoms with Crippen molar-refractivity contribution in [2.45, 2.75) is 65.2 Å². The fourth-order valence-corrected chi connectivity index (χ4v) is 3.59. The summed E-state index contributed by atoms with van der Waals surface area (Å²) >= 11 is 0. The highest BCUT2D eigenvalue weighted by Crippen LogP contribution is 2.36. The number of nitrogen functional groups attached to an aromatic ring is 1. The SMILES string of the molecule is CCCCOc1nc(N)c2nc(OC)n(Cc3ccc(B4OC(C)(C)C(C)(C)O4)cc3)c2n1. The van der Waals surface area contributed by atoms with E-state index in [1.54, 1.807) is 7.11 Å². The Morgan fingerprint density at radius 3 is 2.30 bits per heavy atom. The van der Waals surface area contributed by atoms with Crippen molar-refractivity contribution in [2.24, 2.45) is 0 Å². The molecule has 2 N–H and O–H groups in total. The number of anilines is 1. The fourth-order valence-electron chi connectivity index (χ4n) is 3.59. The number of imidazole rings is 1. The second-order valence-electron chi connectivity index (χ2n) is 9.28. The molecular weight excluding hydrogens is 421 g/mol. The highest BCUT2D eigenvalue weighted by atomic mass is 16.7. The molecule has 0 atom stereocenters. The summed E-state index contributed by atoms with van der Waals surface area (Å²) in [4.78, 5) is 13.3. The van der Waals surface area contributed by atoms with Gasteiger partial charge in [-0.25, -0.2) is 0 Å². The Balaban J connectivity index is 1.59. The van der Waals surface area contributed by atoms with E-state index in [1.807, 2.05) is 56.5 Å². The van der Waals surface area contributed by atoms with E-state index >= 15 is 0 Å². The molecule has 1 fully saturated rings. The molecule has 1 saturated heterocycles. The number of methoxy groups -OCH3 is 1. The molecule has 2 aromatic heterocycles. The zero-order chi connectivity index (χ0) is 23.8. The van der Waals surface area contributed by atoms with Gasteiger partial charge in [0.2, 0.25) is 0 Å². The van der Waals surface area contributed by atoms with Crippen molar-refractivity contribution in [3.63, 3.8) is 0 Å². The molecule has 0 unspecified atom stereocenters. The fraction of sp³-hybridized carbons (Fsp3) is 0.522. The molecular formula is C23H32BN5O4. The van der Waals surface area contributed by atoms with E-state index < -0.39 is 7.12 Å². The summed E-state index contributed by atoms with van der Waals surface area (Å²) in [7, 11) is 1.17. The Kier molecular flexibility index (Phi) is 6.24. The Hall–Kier alpha value is -2.85. The van der Waals surface area contributed by atoms with Crippen LogP contribution in [0.2, 0.25) is 0 Å². The highest BCUT2D eigenvalue weighted by molar-refractivity contribution is 6.62. The summed E-state index contributed by atoms with van der Waals surface area (Å²) in [5.74, 6) is 0.264.